The number of hydrogen-bond acceptors (Lipinski definition) is 10. The number of halogens is 1. The fourth-order valence-corrected chi connectivity index (χ4v) is 5.80. The number of rotatable bonds is 4. The van der Waals surface area contributed by atoms with Crippen LogP contribution in [0.1, 0.15) is 143 Å². The van der Waals surface area contributed by atoms with E-state index < -0.39 is 44.5 Å². The SMILES string of the molecule is C.CC1(C)OB(B2OC(C)(C)C(C)(C)O2)OC1(C)C.Cc1cc(NC(=O)OC(C)(C)C)ccc1B1OC(C)(C)C(C)(C)O1.Cc1cc(NC(=O)OC(C)(C)C)ccc1Br. The first kappa shape index (κ1) is 52.6. The standard InChI is InChI=1S/C18H28BNO4.C12H24B2O4.C12H16BrNO2.CH4/c1-12-11-13(20-15(21)22-16(2,3)4)9-10-14(12)19-23-17(5,6)18(7,8)24-19;1-9(2)10(3,4)16-13(15-9)14-17-11(5,6)12(7,8)18-14;1-8-7-9(5-6-10(8)13)14-11(15)16-12(2,3)4;/h9-11H,1-8H3,(H,20,21);1-8H3;5-7H,1-4H3,(H,14,15);1H4. The second-order valence-corrected chi connectivity index (χ2v) is 21.0. The van der Waals surface area contributed by atoms with E-state index in [1.54, 1.807) is 0 Å². The van der Waals surface area contributed by atoms with Crippen LogP contribution in [0.3, 0.4) is 0 Å². The molecule has 5 rings (SSSR count). The fourth-order valence-electron chi connectivity index (χ4n) is 5.55. The Morgan fingerprint density at radius 2 is 0.847 bits per heavy atom. The molecule has 2 N–H and O–H groups in total. The molecule has 0 aliphatic carbocycles. The second kappa shape index (κ2) is 18.4. The van der Waals surface area contributed by atoms with E-state index >= 15 is 0 Å². The Kier molecular flexibility index (Phi) is 16.4. The van der Waals surface area contributed by atoms with Crippen LogP contribution in [0.15, 0.2) is 40.9 Å². The molecule has 2 aromatic carbocycles. The molecule has 12 nitrogen and oxygen atoms in total. The summed E-state index contributed by atoms with van der Waals surface area (Å²) >= 11 is 3.40. The van der Waals surface area contributed by atoms with Gasteiger partial charge in [-0.1, -0.05) is 29.4 Å². The highest BCUT2D eigenvalue weighted by molar-refractivity contribution is 9.10. The predicted molar refractivity (Wildman–Crippen MR) is 244 cm³/mol. The van der Waals surface area contributed by atoms with Crippen LogP contribution in [0, 0.1) is 13.8 Å². The van der Waals surface area contributed by atoms with Gasteiger partial charge in [-0.3, -0.25) is 10.6 Å². The molecule has 0 radical (unpaired) electrons. The molecule has 0 atom stereocenters. The summed E-state index contributed by atoms with van der Waals surface area (Å²) in [7, 11) is -1.36. The van der Waals surface area contributed by atoms with Gasteiger partial charge in [0.05, 0.1) is 33.6 Å². The number of carbonyl (C=O) groups excluding carboxylic acids is 2. The van der Waals surface area contributed by atoms with Gasteiger partial charge in [0.15, 0.2) is 0 Å². The summed E-state index contributed by atoms with van der Waals surface area (Å²) in [6.45, 7) is 39.3. The van der Waals surface area contributed by atoms with E-state index in [2.05, 4.69) is 26.6 Å². The van der Waals surface area contributed by atoms with Crippen molar-refractivity contribution in [2.24, 2.45) is 0 Å². The van der Waals surface area contributed by atoms with Gasteiger partial charge in [-0.15, -0.1) is 0 Å². The van der Waals surface area contributed by atoms with Gasteiger partial charge in [-0.2, -0.15) is 0 Å². The monoisotopic (exact) mass is 888 g/mol. The van der Waals surface area contributed by atoms with Gasteiger partial charge in [0.2, 0.25) is 0 Å². The Balaban J connectivity index is 0.000000310. The molecular formula is C43H72B3BrN2O10. The maximum absolute atomic E-state index is 11.9. The molecule has 3 aliphatic heterocycles. The lowest BCUT2D eigenvalue weighted by Gasteiger charge is -2.32. The van der Waals surface area contributed by atoms with Crippen molar-refractivity contribution in [3.8, 4) is 0 Å². The highest BCUT2D eigenvalue weighted by atomic mass is 79.9. The van der Waals surface area contributed by atoms with Gasteiger partial charge in [-0.05, 0) is 185 Å². The molecule has 2 aromatic rings. The van der Waals surface area contributed by atoms with E-state index in [1.165, 1.54) is 0 Å². The Bertz CT molecular complexity index is 1710. The first-order valence-corrected chi connectivity index (χ1v) is 20.7. The Morgan fingerprint density at radius 1 is 0.542 bits per heavy atom. The first-order chi connectivity index (χ1) is 26.0. The van der Waals surface area contributed by atoms with Crippen LogP contribution in [-0.4, -0.2) is 78.1 Å². The van der Waals surface area contributed by atoms with Crippen LogP contribution in [0.5, 0.6) is 0 Å². The summed E-state index contributed by atoms with van der Waals surface area (Å²) < 4.78 is 47.4. The Hall–Kier alpha value is -2.59. The number of anilines is 2. The quantitative estimate of drug-likeness (QED) is 0.286. The lowest BCUT2D eigenvalue weighted by Crippen LogP contribution is -2.41. The smallest absolute Gasteiger partial charge is 0.444 e. The minimum absolute atomic E-state index is 0. The largest absolute Gasteiger partial charge is 0.495 e. The van der Waals surface area contributed by atoms with Crippen molar-refractivity contribution in [2.45, 2.75) is 191 Å². The molecule has 0 bridgehead atoms. The molecule has 3 heterocycles. The average molecular weight is 889 g/mol. The number of carbonyl (C=O) groups is 2. The van der Waals surface area contributed by atoms with Crippen molar-refractivity contribution in [1.29, 1.82) is 0 Å². The normalized spacial score (nSPS) is 20.6. The summed E-state index contributed by atoms with van der Waals surface area (Å²) in [5.41, 5.74) is 1.23. The van der Waals surface area contributed by atoms with Gasteiger partial charge in [-0.25, -0.2) is 9.59 Å². The van der Waals surface area contributed by atoms with Crippen LogP contribution >= 0.6 is 15.9 Å². The second-order valence-electron chi connectivity index (χ2n) is 20.1. The molecule has 16 heteroatoms. The van der Waals surface area contributed by atoms with E-state index in [0.717, 1.165) is 26.7 Å². The Labute approximate surface area is 365 Å². The van der Waals surface area contributed by atoms with Crippen molar-refractivity contribution in [2.75, 3.05) is 10.6 Å². The van der Waals surface area contributed by atoms with Crippen LogP contribution in [0.25, 0.3) is 0 Å². The van der Waals surface area contributed by atoms with Gasteiger partial charge < -0.3 is 37.4 Å². The molecule has 3 saturated heterocycles. The van der Waals surface area contributed by atoms with Gasteiger partial charge in [0.1, 0.15) is 11.2 Å². The molecule has 0 spiro atoms. The van der Waals surface area contributed by atoms with Crippen molar-refractivity contribution in [3.63, 3.8) is 0 Å². The highest BCUT2D eigenvalue weighted by Crippen LogP contribution is 2.43. The molecule has 59 heavy (non-hydrogen) atoms. The molecule has 0 unspecified atom stereocenters. The van der Waals surface area contributed by atoms with Gasteiger partial charge >= 0.3 is 33.3 Å². The van der Waals surface area contributed by atoms with E-state index in [-0.39, 0.29) is 41.0 Å². The Morgan fingerprint density at radius 3 is 1.15 bits per heavy atom. The van der Waals surface area contributed by atoms with Crippen molar-refractivity contribution < 1.29 is 47.0 Å². The lowest BCUT2D eigenvalue weighted by molar-refractivity contribution is 0.00578. The lowest BCUT2D eigenvalue weighted by atomic mass is 9.49. The third kappa shape index (κ3) is 14.0. The first-order valence-electron chi connectivity index (χ1n) is 19.9. The predicted octanol–water partition coefficient (Wildman–Crippen LogP) is 10.6. The third-order valence-corrected chi connectivity index (χ3v) is 11.9. The number of benzene rings is 2. The molecular weight excluding hydrogens is 817 g/mol. The number of amides is 2. The number of nitrogens with one attached hydrogen (secondary N) is 2. The molecule has 330 valence electrons. The van der Waals surface area contributed by atoms with Crippen molar-refractivity contribution in [3.05, 3.63) is 52.0 Å². The maximum Gasteiger partial charge on any atom is 0.495 e. The van der Waals surface area contributed by atoms with Crippen LogP contribution < -0.4 is 16.1 Å². The van der Waals surface area contributed by atoms with Crippen LogP contribution in [0.4, 0.5) is 21.0 Å². The molecule has 0 aromatic heterocycles. The summed E-state index contributed by atoms with van der Waals surface area (Å²) in [5.74, 6) is 0. The molecule has 2 amide bonds. The average Bonchev–Trinajstić information content (AvgIpc) is 3.46. The van der Waals surface area contributed by atoms with E-state index in [4.69, 9.17) is 37.4 Å². The molecule has 3 fully saturated rings. The number of hydrogen-bond donors (Lipinski definition) is 2. The van der Waals surface area contributed by atoms with Crippen molar-refractivity contribution in [1.82, 2.24) is 0 Å². The van der Waals surface area contributed by atoms with Gasteiger partial charge in [0.25, 0.3) is 0 Å². The molecule has 0 saturated carbocycles. The zero-order valence-corrected chi connectivity index (χ0v) is 40.2. The fraction of sp³-hybridized carbons (Fsp3) is 0.674. The highest BCUT2D eigenvalue weighted by Gasteiger charge is 2.63. The van der Waals surface area contributed by atoms with Crippen molar-refractivity contribution >= 4 is 66.1 Å². The third-order valence-electron chi connectivity index (χ3n) is 11.0. The topological polar surface area (TPSA) is 132 Å². The van der Waals surface area contributed by atoms with E-state index in [9.17, 15) is 9.59 Å². The minimum atomic E-state index is -0.526. The zero-order valence-electron chi connectivity index (χ0n) is 38.7. The maximum atomic E-state index is 11.9. The number of aryl methyl sites for hydroxylation is 2. The van der Waals surface area contributed by atoms with Crippen LogP contribution in [0.2, 0.25) is 0 Å². The van der Waals surface area contributed by atoms with Crippen LogP contribution in [-0.2, 0) is 37.4 Å². The van der Waals surface area contributed by atoms with E-state index in [0.29, 0.717) is 5.69 Å². The summed E-state index contributed by atoms with van der Waals surface area (Å²) in [4.78, 5) is 23.3. The summed E-state index contributed by atoms with van der Waals surface area (Å²) in [5, 5.41) is 5.43. The minimum Gasteiger partial charge on any atom is -0.444 e. The van der Waals surface area contributed by atoms with Gasteiger partial charge in [0, 0.05) is 15.8 Å². The molecule has 3 aliphatic rings. The summed E-state index contributed by atoms with van der Waals surface area (Å²) in [6, 6.07) is 11.2. The number of ether oxygens (including phenoxy) is 2. The summed E-state index contributed by atoms with van der Waals surface area (Å²) in [6.07, 6.45) is -0.903. The zero-order chi connectivity index (χ0) is 44.7. The van der Waals surface area contributed by atoms with E-state index in [1.807, 2.05) is 175 Å².